The van der Waals surface area contributed by atoms with E-state index in [2.05, 4.69) is 19.2 Å². The van der Waals surface area contributed by atoms with Gasteiger partial charge >= 0.3 is 0 Å². The second-order valence-corrected chi connectivity index (χ2v) is 11.1. The van der Waals surface area contributed by atoms with Gasteiger partial charge in [0.05, 0.1) is 16.3 Å². The number of hydrogen-bond donors (Lipinski definition) is 1. The second kappa shape index (κ2) is 9.25. The third kappa shape index (κ3) is 4.55. The molecule has 0 aliphatic carbocycles. The van der Waals surface area contributed by atoms with Crippen LogP contribution in [0.1, 0.15) is 42.1 Å². The maximum Gasteiger partial charge on any atom is 0.254 e. The molecule has 170 valence electrons. The van der Waals surface area contributed by atoms with Crippen LogP contribution in [-0.2, 0) is 14.8 Å². The summed E-state index contributed by atoms with van der Waals surface area (Å²) in [7, 11) is -3.60. The molecule has 2 heterocycles. The number of piperazine rings is 1. The van der Waals surface area contributed by atoms with Crippen molar-refractivity contribution in [1.29, 1.82) is 0 Å². The molecule has 9 heteroatoms. The van der Waals surface area contributed by atoms with E-state index in [0.717, 1.165) is 16.9 Å². The summed E-state index contributed by atoms with van der Waals surface area (Å²) < 4.78 is 27.6. The van der Waals surface area contributed by atoms with Gasteiger partial charge in [-0.25, -0.2) is 8.42 Å². The first-order valence-electron chi connectivity index (χ1n) is 10.8. The highest BCUT2D eigenvalue weighted by atomic mass is 32.2. The molecule has 1 fully saturated rings. The summed E-state index contributed by atoms with van der Waals surface area (Å²) in [6.07, 6.45) is 0.998. The van der Waals surface area contributed by atoms with Gasteiger partial charge in [-0.1, -0.05) is 26.0 Å². The van der Waals surface area contributed by atoms with Crippen LogP contribution in [0, 0.1) is 0 Å². The van der Waals surface area contributed by atoms with Crippen molar-refractivity contribution in [2.45, 2.75) is 36.0 Å². The highest BCUT2D eigenvalue weighted by molar-refractivity contribution is 8.00. The SMILES string of the molecule is CCC(C)c1ccc(S(=O)(=O)N2CCN(C(=O)c3ccc4c(c3)NC(=O)CS4)CC2)cc1. The van der Waals surface area contributed by atoms with E-state index < -0.39 is 10.0 Å². The molecule has 32 heavy (non-hydrogen) atoms. The number of benzene rings is 2. The van der Waals surface area contributed by atoms with Crippen molar-refractivity contribution in [3.63, 3.8) is 0 Å². The minimum atomic E-state index is -3.60. The Hall–Kier alpha value is -2.36. The Labute approximate surface area is 193 Å². The van der Waals surface area contributed by atoms with E-state index in [1.807, 2.05) is 18.2 Å². The average molecular weight is 474 g/mol. The Morgan fingerprint density at radius 3 is 2.44 bits per heavy atom. The predicted molar refractivity (Wildman–Crippen MR) is 126 cm³/mol. The number of nitrogens with one attached hydrogen (secondary N) is 1. The van der Waals surface area contributed by atoms with E-state index in [0.29, 0.717) is 36.0 Å². The van der Waals surface area contributed by atoms with Crippen LogP contribution in [0.5, 0.6) is 0 Å². The fraction of sp³-hybridized carbons (Fsp3) is 0.391. The van der Waals surface area contributed by atoms with Gasteiger partial charge < -0.3 is 10.2 Å². The zero-order valence-electron chi connectivity index (χ0n) is 18.2. The van der Waals surface area contributed by atoms with Crippen molar-refractivity contribution >= 4 is 39.3 Å². The summed E-state index contributed by atoms with van der Waals surface area (Å²) in [6, 6.07) is 12.4. The van der Waals surface area contributed by atoms with Gasteiger partial charge in [-0.2, -0.15) is 4.31 Å². The van der Waals surface area contributed by atoms with Crippen molar-refractivity contribution in [2.75, 3.05) is 37.2 Å². The Bertz CT molecular complexity index is 1120. The Morgan fingerprint density at radius 1 is 1.09 bits per heavy atom. The van der Waals surface area contributed by atoms with Gasteiger partial charge in [0, 0.05) is 36.6 Å². The van der Waals surface area contributed by atoms with Crippen LogP contribution in [0.15, 0.2) is 52.3 Å². The molecule has 1 N–H and O–H groups in total. The number of nitrogens with zero attached hydrogens (tertiary/aromatic N) is 2. The molecule has 1 atom stereocenters. The fourth-order valence-electron chi connectivity index (χ4n) is 3.88. The summed E-state index contributed by atoms with van der Waals surface area (Å²) in [5, 5.41) is 2.80. The summed E-state index contributed by atoms with van der Waals surface area (Å²) in [6.45, 7) is 5.37. The third-order valence-electron chi connectivity index (χ3n) is 6.08. The Balaban J connectivity index is 1.42. The van der Waals surface area contributed by atoms with Crippen LogP contribution in [0.25, 0.3) is 0 Å². The average Bonchev–Trinajstić information content (AvgIpc) is 2.82. The molecule has 2 aromatic carbocycles. The van der Waals surface area contributed by atoms with Gasteiger partial charge in [0.2, 0.25) is 15.9 Å². The lowest BCUT2D eigenvalue weighted by Crippen LogP contribution is -2.50. The van der Waals surface area contributed by atoms with Crippen molar-refractivity contribution in [1.82, 2.24) is 9.21 Å². The highest BCUT2D eigenvalue weighted by Gasteiger charge is 2.31. The number of amides is 2. The number of hydrogen-bond acceptors (Lipinski definition) is 5. The summed E-state index contributed by atoms with van der Waals surface area (Å²) in [5.74, 6) is 0.518. The molecule has 4 rings (SSSR count). The molecule has 0 bridgehead atoms. The first-order chi connectivity index (χ1) is 15.3. The van der Waals surface area contributed by atoms with Crippen molar-refractivity contribution < 1.29 is 18.0 Å². The van der Waals surface area contributed by atoms with Crippen LogP contribution in [0.4, 0.5) is 5.69 Å². The van der Waals surface area contributed by atoms with Crippen LogP contribution < -0.4 is 5.32 Å². The van der Waals surface area contributed by atoms with E-state index in [1.54, 1.807) is 29.2 Å². The lowest BCUT2D eigenvalue weighted by atomic mass is 9.99. The normalized spacial score (nSPS) is 18.1. The molecule has 2 aliphatic heterocycles. The summed E-state index contributed by atoms with van der Waals surface area (Å²) >= 11 is 1.45. The first-order valence-corrected chi connectivity index (χ1v) is 13.2. The topological polar surface area (TPSA) is 86.8 Å². The lowest BCUT2D eigenvalue weighted by molar-refractivity contribution is -0.113. The summed E-state index contributed by atoms with van der Waals surface area (Å²) in [5.41, 5.74) is 2.27. The monoisotopic (exact) mass is 473 g/mol. The van der Waals surface area contributed by atoms with Gasteiger partial charge in [-0.15, -0.1) is 11.8 Å². The van der Waals surface area contributed by atoms with E-state index in [-0.39, 0.29) is 29.8 Å². The van der Waals surface area contributed by atoms with Gasteiger partial charge in [-0.05, 0) is 48.2 Å². The van der Waals surface area contributed by atoms with E-state index in [1.165, 1.54) is 16.1 Å². The van der Waals surface area contributed by atoms with Gasteiger partial charge in [-0.3, -0.25) is 9.59 Å². The minimum absolute atomic E-state index is 0.0805. The van der Waals surface area contributed by atoms with Gasteiger partial charge in [0.25, 0.3) is 5.91 Å². The quantitative estimate of drug-likeness (QED) is 0.719. The first kappa shape index (κ1) is 22.8. The molecule has 0 spiro atoms. The van der Waals surface area contributed by atoms with E-state index in [9.17, 15) is 18.0 Å². The fourth-order valence-corrected chi connectivity index (χ4v) is 6.09. The zero-order chi connectivity index (χ0) is 22.9. The Morgan fingerprint density at radius 2 is 1.78 bits per heavy atom. The Kier molecular flexibility index (Phi) is 6.60. The largest absolute Gasteiger partial charge is 0.336 e. The maximum absolute atomic E-state index is 13.1. The number of fused-ring (bicyclic) bond motifs is 1. The third-order valence-corrected chi connectivity index (χ3v) is 9.07. The molecular weight excluding hydrogens is 446 g/mol. The molecule has 0 aromatic heterocycles. The van der Waals surface area contributed by atoms with Crippen LogP contribution in [0.2, 0.25) is 0 Å². The molecule has 0 radical (unpaired) electrons. The van der Waals surface area contributed by atoms with Crippen LogP contribution in [-0.4, -0.2) is 61.4 Å². The zero-order valence-corrected chi connectivity index (χ0v) is 19.8. The number of anilines is 1. The molecule has 2 aliphatic rings. The molecule has 1 saturated heterocycles. The highest BCUT2D eigenvalue weighted by Crippen LogP contribution is 2.32. The second-order valence-electron chi connectivity index (χ2n) is 8.12. The molecule has 2 aromatic rings. The van der Waals surface area contributed by atoms with E-state index >= 15 is 0 Å². The molecular formula is C23H27N3O4S2. The lowest BCUT2D eigenvalue weighted by Gasteiger charge is -2.34. The number of thioether (sulfide) groups is 1. The smallest absolute Gasteiger partial charge is 0.254 e. The standard InChI is InChI=1S/C23H27N3O4S2/c1-3-16(2)17-4-7-19(8-5-17)32(29,30)26-12-10-25(11-13-26)23(28)18-6-9-21-20(14-18)24-22(27)15-31-21/h4-9,14,16H,3,10-13,15H2,1-2H3,(H,24,27). The molecule has 2 amide bonds. The number of carbonyl (C=O) groups is 2. The predicted octanol–water partition coefficient (Wildman–Crippen LogP) is 3.39. The molecule has 0 saturated carbocycles. The molecule has 7 nitrogen and oxygen atoms in total. The van der Waals surface area contributed by atoms with Crippen molar-refractivity contribution in [3.8, 4) is 0 Å². The van der Waals surface area contributed by atoms with Crippen molar-refractivity contribution in [2.24, 2.45) is 0 Å². The molecule has 1 unspecified atom stereocenters. The van der Waals surface area contributed by atoms with Crippen LogP contribution >= 0.6 is 11.8 Å². The summed E-state index contributed by atoms with van der Waals surface area (Å²) in [4.78, 5) is 27.5. The number of rotatable bonds is 5. The number of carbonyl (C=O) groups excluding carboxylic acids is 2. The minimum Gasteiger partial charge on any atom is -0.336 e. The van der Waals surface area contributed by atoms with Gasteiger partial charge in [0.15, 0.2) is 0 Å². The van der Waals surface area contributed by atoms with E-state index in [4.69, 9.17) is 0 Å². The van der Waals surface area contributed by atoms with Gasteiger partial charge in [0.1, 0.15) is 0 Å². The number of sulfonamides is 1. The maximum atomic E-state index is 13.1. The van der Waals surface area contributed by atoms with Crippen molar-refractivity contribution in [3.05, 3.63) is 53.6 Å². The van der Waals surface area contributed by atoms with Crippen LogP contribution in [0.3, 0.4) is 0 Å².